The molecular weight excluding hydrogens is 236 g/mol. The number of nitrogens with one attached hydrogen (secondary N) is 1. The first-order valence-electron chi connectivity index (χ1n) is 6.28. The van der Waals surface area contributed by atoms with E-state index in [0.29, 0.717) is 19.6 Å². The third kappa shape index (κ3) is 2.40. The normalized spacial score (nSPS) is 27.7. The van der Waals surface area contributed by atoms with Crippen LogP contribution >= 0.6 is 0 Å². The average molecular weight is 255 g/mol. The van der Waals surface area contributed by atoms with Crippen LogP contribution in [0.15, 0.2) is 18.2 Å². The van der Waals surface area contributed by atoms with Crippen molar-refractivity contribution < 1.29 is 13.5 Å². The molecule has 1 aliphatic rings. The van der Waals surface area contributed by atoms with E-state index in [1.54, 1.807) is 0 Å². The van der Waals surface area contributed by atoms with Crippen molar-refractivity contribution in [3.8, 4) is 0 Å². The molecule has 1 saturated heterocycles. The molecule has 0 radical (unpaired) electrons. The van der Waals surface area contributed by atoms with Gasteiger partial charge in [0.05, 0.1) is 6.10 Å². The molecule has 1 aromatic carbocycles. The lowest BCUT2D eigenvalue weighted by molar-refractivity contribution is 0.0631. The van der Waals surface area contributed by atoms with Crippen LogP contribution in [0.2, 0.25) is 0 Å². The Balaban J connectivity index is 2.29. The fourth-order valence-electron chi connectivity index (χ4n) is 2.75. The third-order valence-corrected chi connectivity index (χ3v) is 3.95. The first-order chi connectivity index (χ1) is 8.59. The van der Waals surface area contributed by atoms with Crippen molar-refractivity contribution in [2.45, 2.75) is 25.9 Å². The van der Waals surface area contributed by atoms with Gasteiger partial charge >= 0.3 is 0 Å². The summed E-state index contributed by atoms with van der Waals surface area (Å²) in [5.74, 6) is -0.936. The molecule has 0 saturated carbocycles. The Kier molecular flexibility index (Phi) is 3.97. The number of ether oxygens (including phenoxy) is 1. The molecule has 4 heteroatoms. The van der Waals surface area contributed by atoms with E-state index in [-0.39, 0.29) is 17.1 Å². The highest BCUT2D eigenvalue weighted by molar-refractivity contribution is 5.22. The van der Waals surface area contributed by atoms with E-state index in [1.807, 2.05) is 14.0 Å². The van der Waals surface area contributed by atoms with Gasteiger partial charge in [0.1, 0.15) is 11.6 Å². The van der Waals surface area contributed by atoms with Crippen molar-refractivity contribution in [2.24, 2.45) is 5.41 Å². The average Bonchev–Trinajstić information content (AvgIpc) is 2.67. The molecule has 100 valence electrons. The standard InChI is InChI=1S/C14H19F2NO/c1-10-14(9-17-2,6-7-18-10)8-11-12(15)4-3-5-13(11)16/h3-5,10,17H,6-9H2,1-2H3. The Bertz CT molecular complexity index is 404. The SMILES string of the molecule is CNCC1(Cc2c(F)cccc2F)CCOC1C. The van der Waals surface area contributed by atoms with Gasteiger partial charge in [-0.2, -0.15) is 0 Å². The first-order valence-corrected chi connectivity index (χ1v) is 6.28. The van der Waals surface area contributed by atoms with E-state index in [0.717, 1.165) is 6.42 Å². The summed E-state index contributed by atoms with van der Waals surface area (Å²) in [6, 6.07) is 4.02. The van der Waals surface area contributed by atoms with E-state index >= 15 is 0 Å². The fourth-order valence-corrected chi connectivity index (χ4v) is 2.75. The van der Waals surface area contributed by atoms with Crippen LogP contribution in [0.5, 0.6) is 0 Å². The molecule has 1 aliphatic heterocycles. The van der Waals surface area contributed by atoms with Gasteiger partial charge in [0.2, 0.25) is 0 Å². The molecular formula is C14H19F2NO. The van der Waals surface area contributed by atoms with Gasteiger partial charge in [0, 0.05) is 24.1 Å². The first kappa shape index (κ1) is 13.4. The molecule has 0 bridgehead atoms. The molecule has 2 atom stereocenters. The molecule has 2 unspecified atom stereocenters. The second kappa shape index (κ2) is 5.33. The molecule has 0 spiro atoms. The van der Waals surface area contributed by atoms with Crippen molar-refractivity contribution in [1.29, 1.82) is 0 Å². The second-order valence-electron chi connectivity index (χ2n) is 5.03. The molecule has 2 rings (SSSR count). The van der Waals surface area contributed by atoms with E-state index in [1.165, 1.54) is 18.2 Å². The number of hydrogen-bond donors (Lipinski definition) is 1. The lowest BCUT2D eigenvalue weighted by atomic mass is 9.76. The van der Waals surface area contributed by atoms with Crippen LogP contribution in [0.25, 0.3) is 0 Å². The summed E-state index contributed by atoms with van der Waals surface area (Å²) in [6.07, 6.45) is 1.19. The van der Waals surface area contributed by atoms with Gasteiger partial charge in [-0.1, -0.05) is 6.07 Å². The molecule has 18 heavy (non-hydrogen) atoms. The zero-order chi connectivity index (χ0) is 13.2. The van der Waals surface area contributed by atoms with Gasteiger partial charge in [-0.25, -0.2) is 8.78 Å². The smallest absolute Gasteiger partial charge is 0.129 e. The van der Waals surface area contributed by atoms with Gasteiger partial charge < -0.3 is 10.1 Å². The van der Waals surface area contributed by atoms with Crippen LogP contribution in [-0.4, -0.2) is 26.3 Å². The third-order valence-electron chi connectivity index (χ3n) is 3.95. The largest absolute Gasteiger partial charge is 0.378 e. The molecule has 0 amide bonds. The molecule has 0 aromatic heterocycles. The summed E-state index contributed by atoms with van der Waals surface area (Å²) in [6.45, 7) is 3.32. The van der Waals surface area contributed by atoms with Gasteiger partial charge in [0.25, 0.3) is 0 Å². The monoisotopic (exact) mass is 255 g/mol. The maximum absolute atomic E-state index is 13.7. The van der Waals surface area contributed by atoms with Gasteiger partial charge in [-0.05, 0) is 38.9 Å². The van der Waals surface area contributed by atoms with Gasteiger partial charge in [-0.15, -0.1) is 0 Å². The van der Waals surface area contributed by atoms with Gasteiger partial charge in [-0.3, -0.25) is 0 Å². The minimum absolute atomic E-state index is 0.00366. The van der Waals surface area contributed by atoms with E-state index in [4.69, 9.17) is 4.74 Å². The highest BCUT2D eigenvalue weighted by atomic mass is 19.1. The summed E-state index contributed by atoms with van der Waals surface area (Å²) in [5.41, 5.74) is -0.0530. The van der Waals surface area contributed by atoms with Crippen LogP contribution in [0.4, 0.5) is 8.78 Å². The molecule has 0 aliphatic carbocycles. The van der Waals surface area contributed by atoms with Crippen molar-refractivity contribution in [1.82, 2.24) is 5.32 Å². The quantitative estimate of drug-likeness (QED) is 0.892. The molecule has 1 aromatic rings. The Labute approximate surface area is 106 Å². The zero-order valence-corrected chi connectivity index (χ0v) is 10.8. The number of rotatable bonds is 4. The van der Waals surface area contributed by atoms with Crippen molar-refractivity contribution in [3.05, 3.63) is 35.4 Å². The van der Waals surface area contributed by atoms with Gasteiger partial charge in [0.15, 0.2) is 0 Å². The summed E-state index contributed by atoms with van der Waals surface area (Å²) in [5, 5.41) is 3.12. The maximum atomic E-state index is 13.7. The summed E-state index contributed by atoms with van der Waals surface area (Å²) >= 11 is 0. The zero-order valence-electron chi connectivity index (χ0n) is 10.8. The Morgan fingerprint density at radius 3 is 2.56 bits per heavy atom. The summed E-state index contributed by atoms with van der Waals surface area (Å²) in [7, 11) is 1.85. The lowest BCUT2D eigenvalue weighted by Crippen LogP contribution is -2.40. The highest BCUT2D eigenvalue weighted by Gasteiger charge is 2.42. The molecule has 2 nitrogen and oxygen atoms in total. The summed E-state index contributed by atoms with van der Waals surface area (Å²) < 4.78 is 33.1. The van der Waals surface area contributed by atoms with E-state index in [9.17, 15) is 8.78 Å². The van der Waals surface area contributed by atoms with Crippen LogP contribution in [0, 0.1) is 17.0 Å². The predicted octanol–water partition coefficient (Wildman–Crippen LogP) is 2.52. The minimum Gasteiger partial charge on any atom is -0.378 e. The van der Waals surface area contributed by atoms with Crippen LogP contribution in [0.1, 0.15) is 18.9 Å². The van der Waals surface area contributed by atoms with E-state index < -0.39 is 11.6 Å². The lowest BCUT2D eigenvalue weighted by Gasteiger charge is -2.32. The highest BCUT2D eigenvalue weighted by Crippen LogP contribution is 2.38. The van der Waals surface area contributed by atoms with Crippen LogP contribution in [-0.2, 0) is 11.2 Å². The van der Waals surface area contributed by atoms with Crippen molar-refractivity contribution in [2.75, 3.05) is 20.2 Å². The topological polar surface area (TPSA) is 21.3 Å². The second-order valence-corrected chi connectivity index (χ2v) is 5.03. The van der Waals surface area contributed by atoms with Crippen LogP contribution < -0.4 is 5.32 Å². The molecule has 1 N–H and O–H groups in total. The Morgan fingerprint density at radius 1 is 1.39 bits per heavy atom. The van der Waals surface area contributed by atoms with Crippen molar-refractivity contribution in [3.63, 3.8) is 0 Å². The number of halogens is 2. The van der Waals surface area contributed by atoms with Crippen molar-refractivity contribution >= 4 is 0 Å². The summed E-state index contributed by atoms with van der Waals surface area (Å²) in [4.78, 5) is 0. The van der Waals surface area contributed by atoms with Crippen LogP contribution in [0.3, 0.4) is 0 Å². The van der Waals surface area contributed by atoms with E-state index in [2.05, 4.69) is 5.32 Å². The number of hydrogen-bond acceptors (Lipinski definition) is 2. The predicted molar refractivity (Wildman–Crippen MR) is 66.5 cm³/mol. The Hall–Kier alpha value is -1.00. The molecule has 1 heterocycles. The molecule has 1 fully saturated rings. The minimum atomic E-state index is -0.468. The maximum Gasteiger partial charge on any atom is 0.129 e. The Morgan fingerprint density at radius 2 is 2.06 bits per heavy atom. The fraction of sp³-hybridized carbons (Fsp3) is 0.571. The number of benzene rings is 1.